The first-order valence-corrected chi connectivity index (χ1v) is 7.65. The number of rotatable bonds is 3. The molecule has 1 atom stereocenters. The second-order valence-electron chi connectivity index (χ2n) is 4.32. The average Bonchev–Trinajstić information content (AvgIpc) is 2.76. The molecule has 1 aliphatic heterocycles. The predicted molar refractivity (Wildman–Crippen MR) is 81.6 cm³/mol. The molecule has 1 saturated heterocycles. The molecule has 0 saturated carbocycles. The van der Waals surface area contributed by atoms with Gasteiger partial charge in [-0.2, -0.15) is 0 Å². The zero-order valence-corrected chi connectivity index (χ0v) is 13.3. The molecule has 1 aromatic rings. The molecule has 3 nitrogen and oxygen atoms in total. The number of hydrogen-bond acceptors (Lipinski definition) is 3. The summed E-state index contributed by atoms with van der Waals surface area (Å²) in [6.07, 6.45) is 4.32. The van der Waals surface area contributed by atoms with Gasteiger partial charge >= 0.3 is 0 Å². The first-order valence-electron chi connectivity index (χ1n) is 5.98. The van der Waals surface area contributed by atoms with Gasteiger partial charge in [0.2, 0.25) is 0 Å². The molecule has 1 amide bonds. The number of nitrogens with two attached hydrogens (primary N) is 1. The average molecular weight is 354 g/mol. The molecule has 18 heavy (non-hydrogen) atoms. The summed E-state index contributed by atoms with van der Waals surface area (Å²) in [7, 11) is 0. The summed E-state index contributed by atoms with van der Waals surface area (Å²) in [5.41, 5.74) is 5.63. The minimum absolute atomic E-state index is 0. The summed E-state index contributed by atoms with van der Waals surface area (Å²) in [5.74, 6) is 0.157. The zero-order chi connectivity index (χ0) is 12.3. The highest BCUT2D eigenvalue weighted by Crippen LogP contribution is 2.28. The van der Waals surface area contributed by atoms with Crippen LogP contribution in [0.25, 0.3) is 0 Å². The molecule has 1 unspecified atom stereocenters. The number of piperidine rings is 1. The maximum atomic E-state index is 12.4. The Balaban J connectivity index is 0.00000162. The van der Waals surface area contributed by atoms with E-state index < -0.39 is 0 Å². The SMILES string of the molecule is Cl.NCCC1CCCCN1C(=O)c1sccc1Br. The van der Waals surface area contributed by atoms with Crippen LogP contribution in [0.3, 0.4) is 0 Å². The highest BCUT2D eigenvalue weighted by atomic mass is 79.9. The Morgan fingerprint density at radius 1 is 1.56 bits per heavy atom. The molecule has 0 aromatic carbocycles. The van der Waals surface area contributed by atoms with Crippen molar-refractivity contribution in [3.8, 4) is 0 Å². The van der Waals surface area contributed by atoms with E-state index in [0.717, 1.165) is 35.2 Å². The molecule has 0 bridgehead atoms. The Hall–Kier alpha value is -0.100. The first-order chi connectivity index (χ1) is 8.24. The van der Waals surface area contributed by atoms with Crippen LogP contribution in [0.4, 0.5) is 0 Å². The van der Waals surface area contributed by atoms with Crippen molar-refractivity contribution in [3.63, 3.8) is 0 Å². The lowest BCUT2D eigenvalue weighted by Gasteiger charge is -2.35. The summed E-state index contributed by atoms with van der Waals surface area (Å²) < 4.78 is 0.907. The molecule has 0 aliphatic carbocycles. The standard InChI is InChI=1S/C12H17BrN2OS.ClH/c13-10-5-8-17-11(10)12(16)15-7-2-1-3-9(15)4-6-14;/h5,8-9H,1-4,6-7,14H2;1H. The number of halogens is 2. The number of amides is 1. The summed E-state index contributed by atoms with van der Waals surface area (Å²) in [4.78, 5) is 15.3. The van der Waals surface area contributed by atoms with Gasteiger partial charge in [-0.25, -0.2) is 0 Å². The lowest BCUT2D eigenvalue weighted by Crippen LogP contribution is -2.44. The number of carbonyl (C=O) groups is 1. The lowest BCUT2D eigenvalue weighted by atomic mass is 9.99. The lowest BCUT2D eigenvalue weighted by molar-refractivity contribution is 0.0609. The molecule has 0 spiro atoms. The number of hydrogen-bond donors (Lipinski definition) is 1. The quantitative estimate of drug-likeness (QED) is 0.906. The molecule has 2 N–H and O–H groups in total. The van der Waals surface area contributed by atoms with E-state index >= 15 is 0 Å². The minimum atomic E-state index is 0. The Morgan fingerprint density at radius 3 is 2.94 bits per heavy atom. The van der Waals surface area contributed by atoms with Gasteiger partial charge in [0.15, 0.2) is 0 Å². The van der Waals surface area contributed by atoms with E-state index in [-0.39, 0.29) is 18.3 Å². The van der Waals surface area contributed by atoms with Crippen molar-refractivity contribution in [2.75, 3.05) is 13.1 Å². The molecule has 1 aromatic heterocycles. The molecule has 1 aliphatic rings. The van der Waals surface area contributed by atoms with Crippen molar-refractivity contribution in [2.45, 2.75) is 31.7 Å². The van der Waals surface area contributed by atoms with Crippen LogP contribution in [0.2, 0.25) is 0 Å². The maximum Gasteiger partial charge on any atom is 0.265 e. The Kier molecular flexibility index (Phi) is 6.63. The van der Waals surface area contributed by atoms with Gasteiger partial charge in [0.25, 0.3) is 5.91 Å². The molecule has 2 heterocycles. The largest absolute Gasteiger partial charge is 0.335 e. The van der Waals surface area contributed by atoms with Gasteiger partial charge in [-0.1, -0.05) is 0 Å². The Labute approximate surface area is 126 Å². The fraction of sp³-hybridized carbons (Fsp3) is 0.583. The fourth-order valence-electron chi connectivity index (χ4n) is 2.34. The van der Waals surface area contributed by atoms with Gasteiger partial charge in [0.1, 0.15) is 4.88 Å². The topological polar surface area (TPSA) is 46.3 Å². The number of carbonyl (C=O) groups excluding carboxylic acids is 1. The molecular formula is C12H18BrClN2OS. The van der Waals surface area contributed by atoms with Crippen LogP contribution in [0, 0.1) is 0 Å². The van der Waals surface area contributed by atoms with Crippen molar-refractivity contribution in [1.82, 2.24) is 4.90 Å². The third kappa shape index (κ3) is 3.47. The highest BCUT2D eigenvalue weighted by Gasteiger charge is 2.28. The van der Waals surface area contributed by atoms with Crippen molar-refractivity contribution in [3.05, 3.63) is 20.8 Å². The molecule has 0 radical (unpaired) electrons. The van der Waals surface area contributed by atoms with Crippen LogP contribution >= 0.6 is 39.7 Å². The van der Waals surface area contributed by atoms with Crippen LogP contribution in [0.15, 0.2) is 15.9 Å². The van der Waals surface area contributed by atoms with Crippen molar-refractivity contribution >= 4 is 45.6 Å². The summed E-state index contributed by atoms with van der Waals surface area (Å²) in [6.45, 7) is 1.52. The molecule has 2 rings (SSSR count). The van der Waals surface area contributed by atoms with Crippen LogP contribution in [0.1, 0.15) is 35.4 Å². The van der Waals surface area contributed by atoms with Gasteiger partial charge < -0.3 is 10.6 Å². The van der Waals surface area contributed by atoms with Gasteiger partial charge in [-0.05, 0) is 59.6 Å². The smallest absolute Gasteiger partial charge is 0.265 e. The fourth-order valence-corrected chi connectivity index (χ4v) is 3.83. The van der Waals surface area contributed by atoms with Crippen molar-refractivity contribution < 1.29 is 4.79 Å². The molecule has 102 valence electrons. The zero-order valence-electron chi connectivity index (χ0n) is 10.1. The first kappa shape index (κ1) is 16.0. The van der Waals surface area contributed by atoms with Gasteiger partial charge in [-0.15, -0.1) is 23.7 Å². The second-order valence-corrected chi connectivity index (χ2v) is 6.09. The van der Waals surface area contributed by atoms with Crippen LogP contribution < -0.4 is 5.73 Å². The maximum absolute atomic E-state index is 12.4. The molecular weight excluding hydrogens is 336 g/mol. The third-order valence-electron chi connectivity index (χ3n) is 3.20. The second kappa shape index (κ2) is 7.48. The number of nitrogens with zero attached hydrogens (tertiary/aromatic N) is 1. The van der Waals surface area contributed by atoms with Gasteiger partial charge in [-0.3, -0.25) is 4.79 Å². The summed E-state index contributed by atoms with van der Waals surface area (Å²) in [5, 5.41) is 1.94. The highest BCUT2D eigenvalue weighted by molar-refractivity contribution is 9.10. The number of likely N-dealkylation sites (tertiary alicyclic amines) is 1. The van der Waals surface area contributed by atoms with Crippen LogP contribution in [0.5, 0.6) is 0 Å². The predicted octanol–water partition coefficient (Wildman–Crippen LogP) is 3.28. The minimum Gasteiger partial charge on any atom is -0.335 e. The van der Waals surface area contributed by atoms with Crippen LogP contribution in [-0.4, -0.2) is 29.9 Å². The summed E-state index contributed by atoms with van der Waals surface area (Å²) in [6, 6.07) is 2.26. The Bertz CT molecular complexity index is 397. The summed E-state index contributed by atoms with van der Waals surface area (Å²) >= 11 is 4.93. The van der Waals surface area contributed by atoms with E-state index in [0.29, 0.717) is 12.6 Å². The van der Waals surface area contributed by atoms with Gasteiger partial charge in [0.05, 0.1) is 0 Å². The van der Waals surface area contributed by atoms with E-state index in [1.807, 2.05) is 16.3 Å². The normalized spacial score (nSPS) is 19.4. The Morgan fingerprint density at radius 2 is 2.33 bits per heavy atom. The van der Waals surface area contributed by atoms with Gasteiger partial charge in [0, 0.05) is 17.1 Å². The van der Waals surface area contributed by atoms with E-state index in [9.17, 15) is 4.79 Å². The van der Waals surface area contributed by atoms with E-state index in [4.69, 9.17) is 5.73 Å². The molecule has 1 fully saturated rings. The number of thiophene rings is 1. The van der Waals surface area contributed by atoms with Crippen LogP contribution in [-0.2, 0) is 0 Å². The monoisotopic (exact) mass is 352 g/mol. The molecule has 6 heteroatoms. The van der Waals surface area contributed by atoms with Crippen molar-refractivity contribution in [2.24, 2.45) is 5.73 Å². The van der Waals surface area contributed by atoms with E-state index in [2.05, 4.69) is 15.9 Å². The van der Waals surface area contributed by atoms with E-state index in [1.165, 1.54) is 17.8 Å². The third-order valence-corrected chi connectivity index (χ3v) is 5.02. The van der Waals surface area contributed by atoms with Crippen molar-refractivity contribution in [1.29, 1.82) is 0 Å². The van der Waals surface area contributed by atoms with E-state index in [1.54, 1.807) is 0 Å².